The molecule has 0 spiro atoms. The minimum absolute atomic E-state index is 0.721. The van der Waals surface area contributed by atoms with Gasteiger partial charge in [0.1, 0.15) is 0 Å². The summed E-state index contributed by atoms with van der Waals surface area (Å²) in [4.78, 5) is 0. The number of halogens is 3. The van der Waals surface area contributed by atoms with Crippen LogP contribution in [0.3, 0.4) is 0 Å². The number of nitrogens with one attached hydrogen (secondary N) is 1. The molecule has 2 rings (SSSR count). The lowest BCUT2D eigenvalue weighted by atomic mass is 10.2. The van der Waals surface area contributed by atoms with Gasteiger partial charge in [0, 0.05) is 25.3 Å². The zero-order valence-corrected chi connectivity index (χ0v) is 13.4. The molecular formula is C13H10BrClIN. The topological polar surface area (TPSA) is 12.0 Å². The average Bonchev–Trinajstić information content (AvgIpc) is 2.30. The van der Waals surface area contributed by atoms with Crippen LogP contribution in [0.15, 0.2) is 46.9 Å². The first kappa shape index (κ1) is 13.2. The second-order valence-corrected chi connectivity index (χ2v) is 6.08. The van der Waals surface area contributed by atoms with Crippen molar-refractivity contribution >= 4 is 55.8 Å². The molecule has 2 aromatic carbocycles. The fraction of sp³-hybridized carbons (Fsp3) is 0.0769. The highest BCUT2D eigenvalue weighted by Crippen LogP contribution is 2.25. The van der Waals surface area contributed by atoms with Crippen molar-refractivity contribution in [2.45, 2.75) is 6.54 Å². The third-order valence-corrected chi connectivity index (χ3v) is 4.05. The third kappa shape index (κ3) is 3.60. The molecule has 0 aliphatic rings. The quantitative estimate of drug-likeness (QED) is 0.661. The van der Waals surface area contributed by atoms with Crippen LogP contribution < -0.4 is 5.32 Å². The van der Waals surface area contributed by atoms with Crippen LogP contribution in [0.5, 0.6) is 0 Å². The van der Waals surface area contributed by atoms with Gasteiger partial charge in [-0.05, 0) is 68.3 Å². The predicted octanol–water partition coefficient (Wildman–Crippen LogP) is 5.32. The Morgan fingerprint density at radius 2 is 1.94 bits per heavy atom. The van der Waals surface area contributed by atoms with E-state index in [2.05, 4.69) is 62.0 Å². The molecule has 0 heterocycles. The Balaban J connectivity index is 2.10. The van der Waals surface area contributed by atoms with Crippen molar-refractivity contribution in [3.8, 4) is 0 Å². The molecule has 2 aromatic rings. The Morgan fingerprint density at radius 3 is 2.65 bits per heavy atom. The summed E-state index contributed by atoms with van der Waals surface area (Å²) < 4.78 is 2.27. The van der Waals surface area contributed by atoms with Crippen molar-refractivity contribution in [2.75, 3.05) is 5.32 Å². The molecule has 1 nitrogen and oxygen atoms in total. The van der Waals surface area contributed by atoms with Crippen molar-refractivity contribution in [2.24, 2.45) is 0 Å². The molecule has 0 aliphatic heterocycles. The summed E-state index contributed by atoms with van der Waals surface area (Å²) in [5.74, 6) is 0. The first-order valence-electron chi connectivity index (χ1n) is 5.09. The molecule has 0 saturated heterocycles. The Bertz CT molecular complexity index is 531. The number of hydrogen-bond donors (Lipinski definition) is 1. The van der Waals surface area contributed by atoms with Crippen LogP contribution in [0.1, 0.15) is 5.56 Å². The highest BCUT2D eigenvalue weighted by atomic mass is 127. The third-order valence-electron chi connectivity index (χ3n) is 2.36. The Morgan fingerprint density at radius 1 is 1.18 bits per heavy atom. The predicted molar refractivity (Wildman–Crippen MR) is 85.6 cm³/mol. The van der Waals surface area contributed by atoms with E-state index in [0.717, 1.165) is 27.3 Å². The van der Waals surface area contributed by atoms with E-state index < -0.39 is 0 Å². The van der Waals surface area contributed by atoms with Crippen molar-refractivity contribution in [1.82, 2.24) is 0 Å². The standard InChI is InChI=1S/C13H10BrClIN/c14-11-7-10(16)5-6-13(11)17-8-9-3-1-2-4-12(9)15/h1-7,17H,8H2. The van der Waals surface area contributed by atoms with Crippen LogP contribution >= 0.6 is 50.1 Å². The lowest BCUT2D eigenvalue weighted by Crippen LogP contribution is -2.00. The van der Waals surface area contributed by atoms with Crippen molar-refractivity contribution in [3.05, 3.63) is 61.1 Å². The highest BCUT2D eigenvalue weighted by molar-refractivity contribution is 14.1. The molecule has 0 fully saturated rings. The Hall–Kier alpha value is -0.260. The summed E-state index contributed by atoms with van der Waals surface area (Å²) in [6, 6.07) is 14.1. The molecule has 0 bridgehead atoms. The summed E-state index contributed by atoms with van der Waals surface area (Å²) in [6.45, 7) is 0.721. The Kier molecular flexibility index (Phi) is 4.70. The van der Waals surface area contributed by atoms with Gasteiger partial charge in [0.2, 0.25) is 0 Å². The molecule has 0 radical (unpaired) electrons. The van der Waals surface area contributed by atoms with Gasteiger partial charge in [-0.3, -0.25) is 0 Å². The Labute approximate surface area is 128 Å². The van der Waals surface area contributed by atoms with Gasteiger partial charge in [0.15, 0.2) is 0 Å². The summed E-state index contributed by atoms with van der Waals surface area (Å²) in [7, 11) is 0. The molecule has 0 aliphatic carbocycles. The van der Waals surface area contributed by atoms with Crippen LogP contribution in [-0.4, -0.2) is 0 Å². The normalized spacial score (nSPS) is 10.3. The monoisotopic (exact) mass is 421 g/mol. The minimum Gasteiger partial charge on any atom is -0.380 e. The fourth-order valence-corrected chi connectivity index (χ4v) is 3.11. The summed E-state index contributed by atoms with van der Waals surface area (Å²) in [5.41, 5.74) is 2.17. The summed E-state index contributed by atoms with van der Waals surface area (Å²) in [5, 5.41) is 4.16. The maximum Gasteiger partial charge on any atom is 0.0488 e. The lowest BCUT2D eigenvalue weighted by molar-refractivity contribution is 1.15. The van der Waals surface area contributed by atoms with E-state index in [9.17, 15) is 0 Å². The molecule has 0 aromatic heterocycles. The van der Waals surface area contributed by atoms with Crippen molar-refractivity contribution in [3.63, 3.8) is 0 Å². The molecule has 88 valence electrons. The van der Waals surface area contributed by atoms with Crippen LogP contribution in [0.4, 0.5) is 5.69 Å². The molecule has 0 unspecified atom stereocenters. The van der Waals surface area contributed by atoms with Gasteiger partial charge in [0.25, 0.3) is 0 Å². The van der Waals surface area contributed by atoms with Gasteiger partial charge in [-0.2, -0.15) is 0 Å². The van der Waals surface area contributed by atoms with Crippen LogP contribution in [-0.2, 0) is 6.54 Å². The molecule has 4 heteroatoms. The van der Waals surface area contributed by atoms with Crippen molar-refractivity contribution in [1.29, 1.82) is 0 Å². The molecule has 0 saturated carbocycles. The van der Waals surface area contributed by atoms with Crippen LogP contribution in [0.2, 0.25) is 5.02 Å². The average molecular weight is 422 g/mol. The number of anilines is 1. The van der Waals surface area contributed by atoms with Gasteiger partial charge in [-0.15, -0.1) is 0 Å². The molecular weight excluding hydrogens is 412 g/mol. The van der Waals surface area contributed by atoms with E-state index in [4.69, 9.17) is 11.6 Å². The highest BCUT2D eigenvalue weighted by Gasteiger charge is 2.02. The van der Waals surface area contributed by atoms with E-state index in [-0.39, 0.29) is 0 Å². The molecule has 17 heavy (non-hydrogen) atoms. The lowest BCUT2D eigenvalue weighted by Gasteiger charge is -2.10. The van der Waals surface area contributed by atoms with Gasteiger partial charge >= 0.3 is 0 Å². The largest absolute Gasteiger partial charge is 0.380 e. The number of benzene rings is 2. The van der Waals surface area contributed by atoms with Crippen LogP contribution in [0, 0.1) is 3.57 Å². The second kappa shape index (κ2) is 6.07. The smallest absolute Gasteiger partial charge is 0.0488 e. The van der Waals surface area contributed by atoms with E-state index >= 15 is 0 Å². The zero-order chi connectivity index (χ0) is 12.3. The summed E-state index contributed by atoms with van der Waals surface area (Å²) in [6.07, 6.45) is 0. The van der Waals surface area contributed by atoms with Crippen molar-refractivity contribution < 1.29 is 0 Å². The maximum atomic E-state index is 6.10. The van der Waals surface area contributed by atoms with Gasteiger partial charge in [-0.25, -0.2) is 0 Å². The van der Waals surface area contributed by atoms with E-state index in [0.29, 0.717) is 0 Å². The van der Waals surface area contributed by atoms with Gasteiger partial charge in [0.05, 0.1) is 0 Å². The second-order valence-electron chi connectivity index (χ2n) is 3.57. The number of rotatable bonds is 3. The van der Waals surface area contributed by atoms with Gasteiger partial charge in [-0.1, -0.05) is 29.8 Å². The molecule has 0 amide bonds. The minimum atomic E-state index is 0.721. The summed E-state index contributed by atoms with van der Waals surface area (Å²) >= 11 is 11.9. The SMILES string of the molecule is Clc1ccccc1CNc1ccc(I)cc1Br. The van der Waals surface area contributed by atoms with Gasteiger partial charge < -0.3 is 5.32 Å². The van der Waals surface area contributed by atoms with E-state index in [1.165, 1.54) is 3.57 Å². The molecule has 1 N–H and O–H groups in total. The first-order chi connectivity index (χ1) is 8.16. The molecule has 0 atom stereocenters. The van der Waals surface area contributed by atoms with E-state index in [1.54, 1.807) is 0 Å². The van der Waals surface area contributed by atoms with Crippen LogP contribution in [0.25, 0.3) is 0 Å². The fourth-order valence-electron chi connectivity index (χ4n) is 1.47. The first-order valence-corrected chi connectivity index (χ1v) is 7.34. The number of hydrogen-bond acceptors (Lipinski definition) is 1. The zero-order valence-electron chi connectivity index (χ0n) is 8.88. The maximum absolute atomic E-state index is 6.10. The van der Waals surface area contributed by atoms with E-state index in [1.807, 2.05) is 24.3 Å².